The highest BCUT2D eigenvalue weighted by Gasteiger charge is 2.25. The van der Waals surface area contributed by atoms with E-state index in [9.17, 15) is 4.79 Å². The Morgan fingerprint density at radius 2 is 2.28 bits per heavy atom. The first-order chi connectivity index (χ1) is 8.56. The quantitative estimate of drug-likeness (QED) is 0.810. The van der Waals surface area contributed by atoms with Crippen LogP contribution in [-0.2, 0) is 6.54 Å². The highest BCUT2D eigenvalue weighted by atomic mass is 35.5. The van der Waals surface area contributed by atoms with E-state index >= 15 is 0 Å². The molecule has 0 atom stereocenters. The van der Waals surface area contributed by atoms with Gasteiger partial charge in [-0.25, -0.2) is 0 Å². The summed E-state index contributed by atoms with van der Waals surface area (Å²) >= 11 is 7.13. The molecule has 0 saturated heterocycles. The van der Waals surface area contributed by atoms with Gasteiger partial charge in [-0.2, -0.15) is 5.10 Å². The molecule has 0 unspecified atom stereocenters. The van der Waals surface area contributed by atoms with Gasteiger partial charge in [-0.3, -0.25) is 9.48 Å². The molecule has 0 amide bonds. The number of ketones is 1. The zero-order valence-corrected chi connectivity index (χ0v) is 11.9. The predicted octanol–water partition coefficient (Wildman–Crippen LogP) is 2.76. The third-order valence-corrected chi connectivity index (χ3v) is 3.59. The van der Waals surface area contributed by atoms with Crippen molar-refractivity contribution >= 4 is 28.9 Å². The molecule has 0 spiro atoms. The second-order valence-electron chi connectivity index (χ2n) is 4.13. The largest absolute Gasteiger partial charge is 0.286 e. The number of hydrogen-bond acceptors (Lipinski definition) is 5. The lowest BCUT2D eigenvalue weighted by Crippen LogP contribution is -2.12. The Morgan fingerprint density at radius 3 is 2.89 bits per heavy atom. The molecular formula is C11H13ClN4OS. The fourth-order valence-electron chi connectivity index (χ4n) is 1.67. The summed E-state index contributed by atoms with van der Waals surface area (Å²) in [6.45, 7) is 6.46. The fourth-order valence-corrected chi connectivity index (χ4v) is 2.66. The van der Waals surface area contributed by atoms with Crippen LogP contribution in [0.4, 0.5) is 0 Å². The van der Waals surface area contributed by atoms with Gasteiger partial charge in [-0.1, -0.05) is 29.9 Å². The van der Waals surface area contributed by atoms with Gasteiger partial charge < -0.3 is 0 Å². The van der Waals surface area contributed by atoms with Gasteiger partial charge in [0.25, 0.3) is 0 Å². The highest BCUT2D eigenvalue weighted by Crippen LogP contribution is 2.25. The lowest BCUT2D eigenvalue weighted by atomic mass is 10.1. The minimum atomic E-state index is -0.155. The molecule has 2 aromatic rings. The van der Waals surface area contributed by atoms with Gasteiger partial charge in [0.2, 0.25) is 5.78 Å². The van der Waals surface area contributed by atoms with Gasteiger partial charge in [0.05, 0.1) is 16.9 Å². The predicted molar refractivity (Wildman–Crippen MR) is 70.3 cm³/mol. The van der Waals surface area contributed by atoms with E-state index in [2.05, 4.69) is 14.7 Å². The second kappa shape index (κ2) is 5.16. The van der Waals surface area contributed by atoms with E-state index in [0.717, 1.165) is 11.5 Å². The van der Waals surface area contributed by atoms with Crippen molar-refractivity contribution in [1.82, 2.24) is 19.4 Å². The number of aromatic nitrogens is 4. The van der Waals surface area contributed by atoms with Crippen molar-refractivity contribution in [3.8, 4) is 0 Å². The van der Waals surface area contributed by atoms with Gasteiger partial charge in [0.15, 0.2) is 0 Å². The molecule has 0 aliphatic carbocycles. The second-order valence-corrected chi connectivity index (χ2v) is 5.29. The minimum Gasteiger partial charge on any atom is -0.286 e. The standard InChI is InChI=1S/C11H13ClN4OS/c1-4-16-9(7(12)5-13-16)10(17)11-8(6(2)3)14-15-18-11/h5-6H,4H2,1-3H3. The number of rotatable bonds is 4. The Balaban J connectivity index is 2.48. The van der Waals surface area contributed by atoms with E-state index in [1.807, 2.05) is 20.8 Å². The Hall–Kier alpha value is -1.27. The molecule has 2 heterocycles. The first-order valence-electron chi connectivity index (χ1n) is 5.64. The molecule has 0 aliphatic rings. The van der Waals surface area contributed by atoms with Crippen LogP contribution in [-0.4, -0.2) is 25.2 Å². The molecule has 0 saturated carbocycles. The smallest absolute Gasteiger partial charge is 0.226 e. The fraction of sp³-hybridized carbons (Fsp3) is 0.455. The lowest BCUT2D eigenvalue weighted by molar-refractivity contribution is 0.103. The Kier molecular flexibility index (Phi) is 3.77. The normalized spacial score (nSPS) is 11.2. The van der Waals surface area contributed by atoms with Crippen LogP contribution in [0.25, 0.3) is 0 Å². The summed E-state index contributed by atoms with van der Waals surface area (Å²) in [4.78, 5) is 13.0. The van der Waals surface area contributed by atoms with Crippen LogP contribution >= 0.6 is 23.1 Å². The zero-order chi connectivity index (χ0) is 13.3. The van der Waals surface area contributed by atoms with Gasteiger partial charge in [0.1, 0.15) is 10.6 Å². The molecule has 2 rings (SSSR count). The van der Waals surface area contributed by atoms with Crippen LogP contribution in [0.1, 0.15) is 47.7 Å². The summed E-state index contributed by atoms with van der Waals surface area (Å²) in [5.74, 6) is -0.00229. The summed E-state index contributed by atoms with van der Waals surface area (Å²) in [6.07, 6.45) is 1.49. The zero-order valence-electron chi connectivity index (χ0n) is 10.3. The highest BCUT2D eigenvalue weighted by molar-refractivity contribution is 7.08. The number of carbonyl (C=O) groups is 1. The van der Waals surface area contributed by atoms with Crippen molar-refractivity contribution in [3.63, 3.8) is 0 Å². The molecular weight excluding hydrogens is 272 g/mol. The number of hydrogen-bond donors (Lipinski definition) is 0. The van der Waals surface area contributed by atoms with Crippen LogP contribution < -0.4 is 0 Å². The lowest BCUT2D eigenvalue weighted by Gasteiger charge is -2.05. The third kappa shape index (κ3) is 2.18. The SMILES string of the molecule is CCn1ncc(Cl)c1C(=O)c1snnc1C(C)C. The third-order valence-electron chi connectivity index (χ3n) is 2.58. The average molecular weight is 285 g/mol. The molecule has 0 aromatic carbocycles. The molecule has 0 N–H and O–H groups in total. The Morgan fingerprint density at radius 1 is 1.56 bits per heavy atom. The van der Waals surface area contributed by atoms with Crippen molar-refractivity contribution in [2.45, 2.75) is 33.2 Å². The summed E-state index contributed by atoms with van der Waals surface area (Å²) in [5.41, 5.74) is 1.12. The summed E-state index contributed by atoms with van der Waals surface area (Å²) in [5, 5.41) is 8.44. The average Bonchev–Trinajstić information content (AvgIpc) is 2.94. The summed E-state index contributed by atoms with van der Waals surface area (Å²) in [7, 11) is 0. The van der Waals surface area contributed by atoms with Gasteiger partial charge in [-0.15, -0.1) is 5.10 Å². The molecule has 0 bridgehead atoms. The molecule has 2 aromatic heterocycles. The van der Waals surface area contributed by atoms with Crippen molar-refractivity contribution in [1.29, 1.82) is 0 Å². The van der Waals surface area contributed by atoms with E-state index in [0.29, 0.717) is 27.8 Å². The Bertz CT molecular complexity index is 575. The van der Waals surface area contributed by atoms with E-state index in [4.69, 9.17) is 11.6 Å². The maximum Gasteiger partial charge on any atom is 0.226 e. The number of carbonyl (C=O) groups excluding carboxylic acids is 1. The van der Waals surface area contributed by atoms with Crippen LogP contribution in [0.15, 0.2) is 6.20 Å². The van der Waals surface area contributed by atoms with Gasteiger partial charge >= 0.3 is 0 Å². The van der Waals surface area contributed by atoms with Crippen molar-refractivity contribution in [3.05, 3.63) is 27.5 Å². The van der Waals surface area contributed by atoms with Crippen LogP contribution in [0, 0.1) is 0 Å². The molecule has 0 radical (unpaired) electrons. The van der Waals surface area contributed by atoms with Crippen LogP contribution in [0.2, 0.25) is 5.02 Å². The maximum absolute atomic E-state index is 12.5. The number of halogens is 1. The summed E-state index contributed by atoms with van der Waals surface area (Å²) < 4.78 is 5.45. The van der Waals surface area contributed by atoms with E-state index < -0.39 is 0 Å². The summed E-state index contributed by atoms with van der Waals surface area (Å²) in [6, 6.07) is 0. The monoisotopic (exact) mass is 284 g/mol. The van der Waals surface area contributed by atoms with Gasteiger partial charge in [-0.05, 0) is 24.4 Å². The van der Waals surface area contributed by atoms with Crippen molar-refractivity contribution < 1.29 is 4.79 Å². The van der Waals surface area contributed by atoms with Crippen molar-refractivity contribution in [2.24, 2.45) is 0 Å². The van der Waals surface area contributed by atoms with Crippen LogP contribution in [0.3, 0.4) is 0 Å². The van der Waals surface area contributed by atoms with Gasteiger partial charge in [0, 0.05) is 6.54 Å². The first kappa shape index (κ1) is 13.2. The van der Waals surface area contributed by atoms with E-state index in [1.165, 1.54) is 6.20 Å². The minimum absolute atomic E-state index is 0.152. The maximum atomic E-state index is 12.5. The molecule has 96 valence electrons. The topological polar surface area (TPSA) is 60.7 Å². The van der Waals surface area contributed by atoms with Crippen molar-refractivity contribution in [2.75, 3.05) is 0 Å². The van der Waals surface area contributed by atoms with E-state index in [1.54, 1.807) is 4.68 Å². The molecule has 0 aliphatic heterocycles. The molecule has 18 heavy (non-hydrogen) atoms. The van der Waals surface area contributed by atoms with Crippen LogP contribution in [0.5, 0.6) is 0 Å². The number of nitrogens with zero attached hydrogens (tertiary/aromatic N) is 4. The first-order valence-corrected chi connectivity index (χ1v) is 6.79. The van der Waals surface area contributed by atoms with E-state index in [-0.39, 0.29) is 11.7 Å². The molecule has 0 fully saturated rings. The molecule has 5 nitrogen and oxygen atoms in total. The molecule has 7 heteroatoms. The number of aryl methyl sites for hydroxylation is 1. The Labute approximate surface area is 114 Å².